The van der Waals surface area contributed by atoms with Gasteiger partial charge in [0.2, 0.25) is 5.88 Å². The van der Waals surface area contributed by atoms with Gasteiger partial charge in [-0.2, -0.15) is 0 Å². The maximum Gasteiger partial charge on any atom is 0.222 e. The van der Waals surface area contributed by atoms with Crippen molar-refractivity contribution in [2.75, 3.05) is 0 Å². The Morgan fingerprint density at radius 3 is 2.78 bits per heavy atom. The Balaban J connectivity index is 2.25. The van der Waals surface area contributed by atoms with Crippen molar-refractivity contribution in [3.63, 3.8) is 0 Å². The topological polar surface area (TPSA) is 42.4 Å². The van der Waals surface area contributed by atoms with Gasteiger partial charge in [0.25, 0.3) is 0 Å². The van der Waals surface area contributed by atoms with Crippen LogP contribution in [0.15, 0.2) is 34.9 Å². The van der Waals surface area contributed by atoms with Gasteiger partial charge in [-0.05, 0) is 46.6 Å². The number of hydrogen-bond donors (Lipinski definition) is 1. The third kappa shape index (κ3) is 2.86. The van der Waals surface area contributed by atoms with Gasteiger partial charge in [-0.3, -0.25) is 0 Å². The fourth-order valence-electron chi connectivity index (χ4n) is 1.47. The van der Waals surface area contributed by atoms with Gasteiger partial charge in [0, 0.05) is 17.8 Å². The van der Waals surface area contributed by atoms with Crippen molar-refractivity contribution in [3.8, 4) is 11.6 Å². The molecular weight excluding hydrogens is 301 g/mol. The SMILES string of the molecule is Cc1cc(CO)cnc1Oc1ccc(Br)c(F)c1. The zero-order valence-electron chi connectivity index (χ0n) is 9.65. The van der Waals surface area contributed by atoms with E-state index in [0.717, 1.165) is 5.56 Å². The first-order chi connectivity index (χ1) is 8.60. The molecule has 0 saturated heterocycles. The van der Waals surface area contributed by atoms with Crippen LogP contribution in [0, 0.1) is 12.7 Å². The molecule has 0 saturated carbocycles. The monoisotopic (exact) mass is 311 g/mol. The van der Waals surface area contributed by atoms with Crippen LogP contribution in [0.1, 0.15) is 11.1 Å². The van der Waals surface area contributed by atoms with E-state index < -0.39 is 5.82 Å². The van der Waals surface area contributed by atoms with Gasteiger partial charge in [0.05, 0.1) is 11.1 Å². The summed E-state index contributed by atoms with van der Waals surface area (Å²) in [6.07, 6.45) is 1.53. The van der Waals surface area contributed by atoms with Gasteiger partial charge in [0.15, 0.2) is 0 Å². The summed E-state index contributed by atoms with van der Waals surface area (Å²) in [5.74, 6) is 0.383. The van der Waals surface area contributed by atoms with Gasteiger partial charge in [0.1, 0.15) is 11.6 Å². The Morgan fingerprint density at radius 2 is 2.17 bits per heavy atom. The number of aliphatic hydroxyl groups excluding tert-OH is 1. The highest BCUT2D eigenvalue weighted by Gasteiger charge is 2.06. The minimum absolute atomic E-state index is 0.0684. The fourth-order valence-corrected chi connectivity index (χ4v) is 1.71. The molecule has 0 amide bonds. The van der Waals surface area contributed by atoms with Crippen molar-refractivity contribution in [1.29, 1.82) is 0 Å². The summed E-state index contributed by atoms with van der Waals surface area (Å²) in [6, 6.07) is 6.28. The van der Waals surface area contributed by atoms with E-state index in [1.807, 2.05) is 6.92 Å². The average Bonchev–Trinajstić information content (AvgIpc) is 2.36. The van der Waals surface area contributed by atoms with E-state index >= 15 is 0 Å². The summed E-state index contributed by atoms with van der Waals surface area (Å²) in [4.78, 5) is 4.08. The molecule has 3 nitrogen and oxygen atoms in total. The molecule has 0 atom stereocenters. The smallest absolute Gasteiger partial charge is 0.222 e. The number of benzene rings is 1. The molecule has 0 aliphatic rings. The molecule has 0 aliphatic carbocycles. The first kappa shape index (κ1) is 13.0. The highest BCUT2D eigenvalue weighted by molar-refractivity contribution is 9.10. The van der Waals surface area contributed by atoms with Crippen LogP contribution in [0.2, 0.25) is 0 Å². The molecule has 1 aromatic heterocycles. The van der Waals surface area contributed by atoms with E-state index in [2.05, 4.69) is 20.9 Å². The molecule has 5 heteroatoms. The number of aromatic nitrogens is 1. The Morgan fingerprint density at radius 1 is 1.39 bits per heavy atom. The lowest BCUT2D eigenvalue weighted by molar-refractivity contribution is 0.281. The Labute approximate surface area is 112 Å². The summed E-state index contributed by atoms with van der Waals surface area (Å²) >= 11 is 3.07. The van der Waals surface area contributed by atoms with Crippen molar-refractivity contribution < 1.29 is 14.2 Å². The number of aliphatic hydroxyl groups is 1. The van der Waals surface area contributed by atoms with Crippen molar-refractivity contribution in [3.05, 3.63) is 51.9 Å². The fraction of sp³-hybridized carbons (Fsp3) is 0.154. The second-order valence-electron chi connectivity index (χ2n) is 3.80. The highest BCUT2D eigenvalue weighted by Crippen LogP contribution is 2.26. The molecule has 0 radical (unpaired) electrons. The first-order valence-corrected chi connectivity index (χ1v) is 6.08. The summed E-state index contributed by atoms with van der Waals surface area (Å²) < 4.78 is 19.2. The molecule has 0 aliphatic heterocycles. The highest BCUT2D eigenvalue weighted by atomic mass is 79.9. The maximum absolute atomic E-state index is 13.3. The Hall–Kier alpha value is -1.46. The van der Waals surface area contributed by atoms with E-state index in [0.29, 0.717) is 21.7 Å². The van der Waals surface area contributed by atoms with Crippen LogP contribution < -0.4 is 4.74 Å². The normalized spacial score (nSPS) is 10.4. The summed E-state index contributed by atoms with van der Waals surface area (Å²) in [5, 5.41) is 8.97. The molecule has 2 aromatic rings. The van der Waals surface area contributed by atoms with Crippen molar-refractivity contribution in [2.45, 2.75) is 13.5 Å². The molecule has 0 fully saturated rings. The number of halogens is 2. The minimum Gasteiger partial charge on any atom is -0.439 e. The molecule has 0 spiro atoms. The lowest BCUT2D eigenvalue weighted by Crippen LogP contribution is -1.94. The van der Waals surface area contributed by atoms with Crippen LogP contribution in [0.3, 0.4) is 0 Å². The van der Waals surface area contributed by atoms with E-state index in [9.17, 15) is 4.39 Å². The van der Waals surface area contributed by atoms with Crippen LogP contribution in [-0.4, -0.2) is 10.1 Å². The number of pyridine rings is 1. The van der Waals surface area contributed by atoms with E-state index in [1.54, 1.807) is 18.2 Å². The van der Waals surface area contributed by atoms with Crippen LogP contribution in [-0.2, 0) is 6.61 Å². The van der Waals surface area contributed by atoms with Crippen LogP contribution in [0.25, 0.3) is 0 Å². The Kier molecular flexibility index (Phi) is 3.93. The predicted molar refractivity (Wildman–Crippen MR) is 69.1 cm³/mol. The summed E-state index contributed by atoms with van der Waals surface area (Å²) in [5.41, 5.74) is 1.49. The average molecular weight is 312 g/mol. The summed E-state index contributed by atoms with van der Waals surface area (Å²) in [6.45, 7) is 1.75. The number of rotatable bonds is 3. The minimum atomic E-state index is -0.392. The molecule has 1 N–H and O–H groups in total. The zero-order chi connectivity index (χ0) is 13.1. The zero-order valence-corrected chi connectivity index (χ0v) is 11.2. The predicted octanol–water partition coefficient (Wildman–Crippen LogP) is 3.58. The molecule has 2 rings (SSSR count). The van der Waals surface area contributed by atoms with Crippen LogP contribution in [0.5, 0.6) is 11.6 Å². The quantitative estimate of drug-likeness (QED) is 0.942. The largest absolute Gasteiger partial charge is 0.439 e. The first-order valence-electron chi connectivity index (χ1n) is 5.29. The molecule has 0 unspecified atom stereocenters. The van der Waals surface area contributed by atoms with Gasteiger partial charge >= 0.3 is 0 Å². The Bertz CT molecular complexity index is 575. The molecule has 1 heterocycles. The third-order valence-corrected chi connectivity index (χ3v) is 3.02. The standard InChI is InChI=1S/C13H11BrFNO2/c1-8-4-9(7-17)6-16-13(8)18-10-2-3-11(14)12(15)5-10/h2-6,17H,7H2,1H3. The van der Waals surface area contributed by atoms with E-state index in [-0.39, 0.29) is 6.61 Å². The lowest BCUT2D eigenvalue weighted by atomic mass is 10.2. The van der Waals surface area contributed by atoms with E-state index in [1.165, 1.54) is 12.3 Å². The summed E-state index contributed by atoms with van der Waals surface area (Å²) in [7, 11) is 0. The number of aryl methyl sites for hydroxylation is 1. The van der Waals surface area contributed by atoms with E-state index in [4.69, 9.17) is 9.84 Å². The van der Waals surface area contributed by atoms with Gasteiger partial charge in [-0.15, -0.1) is 0 Å². The lowest BCUT2D eigenvalue weighted by Gasteiger charge is -2.08. The second-order valence-corrected chi connectivity index (χ2v) is 4.66. The molecular formula is C13H11BrFNO2. The third-order valence-electron chi connectivity index (χ3n) is 2.38. The van der Waals surface area contributed by atoms with Crippen LogP contribution in [0.4, 0.5) is 4.39 Å². The van der Waals surface area contributed by atoms with Crippen molar-refractivity contribution in [1.82, 2.24) is 4.98 Å². The van der Waals surface area contributed by atoms with Gasteiger partial charge < -0.3 is 9.84 Å². The number of nitrogens with zero attached hydrogens (tertiary/aromatic N) is 1. The molecule has 94 valence electrons. The molecule has 18 heavy (non-hydrogen) atoms. The van der Waals surface area contributed by atoms with Crippen LogP contribution >= 0.6 is 15.9 Å². The number of hydrogen-bond acceptors (Lipinski definition) is 3. The van der Waals surface area contributed by atoms with Gasteiger partial charge in [-0.25, -0.2) is 9.37 Å². The van der Waals surface area contributed by atoms with Gasteiger partial charge in [-0.1, -0.05) is 0 Å². The maximum atomic E-state index is 13.3. The second kappa shape index (κ2) is 5.46. The van der Waals surface area contributed by atoms with Crippen molar-refractivity contribution in [2.24, 2.45) is 0 Å². The van der Waals surface area contributed by atoms with Crippen molar-refractivity contribution >= 4 is 15.9 Å². The molecule has 1 aromatic carbocycles. The molecule has 0 bridgehead atoms. The number of ether oxygens (including phenoxy) is 1.